The number of ether oxygens (including phenoxy) is 1. The van der Waals surface area contributed by atoms with Gasteiger partial charge in [0.2, 0.25) is 0 Å². The van der Waals surface area contributed by atoms with Gasteiger partial charge in [0.1, 0.15) is 0 Å². The van der Waals surface area contributed by atoms with Crippen molar-refractivity contribution in [1.82, 2.24) is 4.98 Å². The molecule has 0 radical (unpaired) electrons. The van der Waals surface area contributed by atoms with Gasteiger partial charge in [0, 0.05) is 16.8 Å². The molecule has 0 unspecified atom stereocenters. The van der Waals surface area contributed by atoms with Crippen LogP contribution in [-0.4, -0.2) is 34.5 Å². The van der Waals surface area contributed by atoms with Crippen molar-refractivity contribution in [3.05, 3.63) is 70.9 Å². The lowest BCUT2D eigenvalue weighted by Gasteiger charge is -2.15. The van der Waals surface area contributed by atoms with E-state index in [1.165, 1.54) is 24.3 Å². The molecule has 2 aromatic carbocycles. The molecule has 1 aliphatic rings. The Morgan fingerprint density at radius 2 is 1.71 bits per heavy atom. The normalized spacial score (nSPS) is 13.2. The fraction of sp³-hybridized carbons (Fsp3) is 0.250. The first kappa shape index (κ1) is 20.5. The highest BCUT2D eigenvalue weighted by molar-refractivity contribution is 6.06. The van der Waals surface area contributed by atoms with Crippen molar-refractivity contribution in [3.8, 4) is 0 Å². The zero-order valence-corrected chi connectivity index (χ0v) is 16.9. The smallest absolute Gasteiger partial charge is 0.339 e. The van der Waals surface area contributed by atoms with E-state index in [1.807, 2.05) is 24.3 Å². The predicted octanol–water partition coefficient (Wildman–Crippen LogP) is 4.00. The van der Waals surface area contributed by atoms with Gasteiger partial charge in [0.25, 0.3) is 5.91 Å². The Morgan fingerprint density at radius 1 is 0.968 bits per heavy atom. The number of benzene rings is 2. The molecule has 1 aromatic heterocycles. The molecule has 158 valence electrons. The monoisotopic (exact) mass is 418 g/mol. The third-order valence-corrected chi connectivity index (χ3v) is 5.37. The summed E-state index contributed by atoms with van der Waals surface area (Å²) in [6.07, 6.45) is 4.70. The lowest BCUT2D eigenvalue weighted by atomic mass is 9.97. The maximum absolute atomic E-state index is 13.0. The van der Waals surface area contributed by atoms with E-state index in [4.69, 9.17) is 14.8 Å². The van der Waals surface area contributed by atoms with Crippen molar-refractivity contribution < 1.29 is 24.2 Å². The first-order valence-electron chi connectivity index (χ1n) is 10.2. The summed E-state index contributed by atoms with van der Waals surface area (Å²) in [5.74, 6) is -2.08. The summed E-state index contributed by atoms with van der Waals surface area (Å²) in [5, 5.41) is 12.3. The van der Waals surface area contributed by atoms with E-state index < -0.39 is 24.5 Å². The minimum Gasteiger partial charge on any atom is -0.478 e. The maximum atomic E-state index is 13.0. The molecule has 0 atom stereocenters. The van der Waals surface area contributed by atoms with Gasteiger partial charge in [-0.3, -0.25) is 9.78 Å². The number of rotatable bonds is 5. The van der Waals surface area contributed by atoms with Gasteiger partial charge >= 0.3 is 11.9 Å². The summed E-state index contributed by atoms with van der Waals surface area (Å²) in [6, 6.07) is 13.2. The van der Waals surface area contributed by atoms with Crippen LogP contribution in [-0.2, 0) is 22.4 Å². The van der Waals surface area contributed by atoms with Gasteiger partial charge in [0.05, 0.1) is 16.6 Å². The van der Waals surface area contributed by atoms with Crippen LogP contribution in [0.4, 0.5) is 5.69 Å². The molecule has 0 aliphatic heterocycles. The molecule has 1 aliphatic carbocycles. The van der Waals surface area contributed by atoms with E-state index in [-0.39, 0.29) is 5.56 Å². The molecule has 0 saturated heterocycles. The quantitative estimate of drug-likeness (QED) is 0.479. The number of esters is 1. The Balaban J connectivity index is 1.51. The van der Waals surface area contributed by atoms with E-state index in [0.29, 0.717) is 11.3 Å². The van der Waals surface area contributed by atoms with E-state index in [1.54, 1.807) is 0 Å². The minimum atomic E-state index is -1.05. The van der Waals surface area contributed by atoms with Crippen LogP contribution < -0.4 is 5.32 Å². The molecule has 3 aromatic rings. The van der Waals surface area contributed by atoms with Crippen molar-refractivity contribution >= 4 is 34.4 Å². The minimum absolute atomic E-state index is 0.120. The van der Waals surface area contributed by atoms with Crippen molar-refractivity contribution in [2.24, 2.45) is 0 Å². The number of carbonyl (C=O) groups is 3. The van der Waals surface area contributed by atoms with Gasteiger partial charge < -0.3 is 15.2 Å². The fourth-order valence-corrected chi connectivity index (χ4v) is 3.88. The number of nitrogens with one attached hydrogen (secondary N) is 1. The molecule has 1 heterocycles. The molecule has 7 heteroatoms. The van der Waals surface area contributed by atoms with Crippen LogP contribution in [0.15, 0.2) is 48.5 Å². The maximum Gasteiger partial charge on any atom is 0.339 e. The van der Waals surface area contributed by atoms with Gasteiger partial charge in [-0.2, -0.15) is 0 Å². The third kappa shape index (κ3) is 4.55. The number of aromatic nitrogens is 1. The number of aromatic carboxylic acids is 1. The Bertz CT molecular complexity index is 1150. The highest BCUT2D eigenvalue weighted by atomic mass is 16.5. The SMILES string of the molecule is O=C(COC(=O)c1c2c(nc3ccccc13)CCCCC2)Nc1ccc(C(=O)O)cc1. The van der Waals surface area contributed by atoms with Gasteiger partial charge in [-0.15, -0.1) is 0 Å². The van der Waals surface area contributed by atoms with Crippen molar-refractivity contribution in [1.29, 1.82) is 0 Å². The number of amides is 1. The summed E-state index contributed by atoms with van der Waals surface area (Å²) in [5.41, 5.74) is 3.65. The molecule has 7 nitrogen and oxygen atoms in total. The number of anilines is 1. The Kier molecular flexibility index (Phi) is 5.93. The second-order valence-corrected chi connectivity index (χ2v) is 7.50. The number of fused-ring (bicyclic) bond motifs is 2. The first-order valence-corrected chi connectivity index (χ1v) is 10.2. The average Bonchev–Trinajstić information content (AvgIpc) is 3.01. The Labute approximate surface area is 179 Å². The van der Waals surface area contributed by atoms with Crippen molar-refractivity contribution in [2.75, 3.05) is 11.9 Å². The molecule has 0 saturated carbocycles. The number of carbonyl (C=O) groups excluding carboxylic acids is 2. The Hall–Kier alpha value is -3.74. The predicted molar refractivity (Wildman–Crippen MR) is 115 cm³/mol. The van der Waals surface area contributed by atoms with E-state index >= 15 is 0 Å². The lowest BCUT2D eigenvalue weighted by Crippen LogP contribution is -2.22. The summed E-state index contributed by atoms with van der Waals surface area (Å²) >= 11 is 0. The molecule has 0 spiro atoms. The molecule has 1 amide bonds. The van der Waals surface area contributed by atoms with Gasteiger partial charge in [-0.25, -0.2) is 9.59 Å². The topological polar surface area (TPSA) is 106 Å². The summed E-state index contributed by atoms with van der Waals surface area (Å²) in [4.78, 5) is 41.0. The number of carboxylic acid groups (broad SMARTS) is 1. The van der Waals surface area contributed by atoms with Gasteiger partial charge in [-0.05, 0) is 61.6 Å². The summed E-state index contributed by atoms with van der Waals surface area (Å²) < 4.78 is 5.37. The summed E-state index contributed by atoms with van der Waals surface area (Å²) in [7, 11) is 0. The highest BCUT2D eigenvalue weighted by Gasteiger charge is 2.23. The number of carboxylic acids is 1. The first-order chi connectivity index (χ1) is 15.0. The zero-order chi connectivity index (χ0) is 21.8. The average molecular weight is 418 g/mol. The van der Waals surface area contributed by atoms with E-state index in [9.17, 15) is 14.4 Å². The number of hydrogen-bond donors (Lipinski definition) is 2. The van der Waals surface area contributed by atoms with Crippen LogP contribution in [0.3, 0.4) is 0 Å². The number of aryl methyl sites for hydroxylation is 1. The molecule has 2 N–H and O–H groups in total. The van der Waals surface area contributed by atoms with E-state index in [0.717, 1.165) is 54.3 Å². The van der Waals surface area contributed by atoms with Crippen LogP contribution in [0.2, 0.25) is 0 Å². The van der Waals surface area contributed by atoms with Crippen LogP contribution in [0.5, 0.6) is 0 Å². The standard InChI is InChI=1S/C24H22N2O5/c27-21(25-16-12-10-15(11-13-16)23(28)29)14-31-24(30)22-17-6-2-1-3-8-19(17)26-20-9-5-4-7-18(20)22/h4-5,7,9-13H,1-3,6,8,14H2,(H,25,27)(H,28,29). The third-order valence-electron chi connectivity index (χ3n) is 5.37. The van der Waals surface area contributed by atoms with Gasteiger partial charge in [-0.1, -0.05) is 24.6 Å². The number of nitrogens with zero attached hydrogens (tertiary/aromatic N) is 1. The highest BCUT2D eigenvalue weighted by Crippen LogP contribution is 2.29. The molecule has 0 bridgehead atoms. The second-order valence-electron chi connectivity index (χ2n) is 7.50. The lowest BCUT2D eigenvalue weighted by molar-refractivity contribution is -0.119. The van der Waals surface area contributed by atoms with Crippen molar-refractivity contribution in [3.63, 3.8) is 0 Å². The largest absolute Gasteiger partial charge is 0.478 e. The molecular weight excluding hydrogens is 396 g/mol. The number of para-hydroxylation sites is 1. The molecule has 0 fully saturated rings. The number of pyridine rings is 1. The second kappa shape index (κ2) is 8.95. The molecular formula is C24H22N2O5. The fourth-order valence-electron chi connectivity index (χ4n) is 3.88. The Morgan fingerprint density at radius 3 is 2.48 bits per heavy atom. The number of hydrogen-bond acceptors (Lipinski definition) is 5. The zero-order valence-electron chi connectivity index (χ0n) is 16.9. The molecule has 31 heavy (non-hydrogen) atoms. The van der Waals surface area contributed by atoms with Crippen LogP contribution >= 0.6 is 0 Å². The van der Waals surface area contributed by atoms with Crippen LogP contribution in [0.25, 0.3) is 10.9 Å². The van der Waals surface area contributed by atoms with Crippen molar-refractivity contribution in [2.45, 2.75) is 32.1 Å². The summed E-state index contributed by atoms with van der Waals surface area (Å²) in [6.45, 7) is -0.440. The molecule has 4 rings (SSSR count). The van der Waals surface area contributed by atoms with Crippen LogP contribution in [0, 0.1) is 0 Å². The van der Waals surface area contributed by atoms with E-state index in [2.05, 4.69) is 5.32 Å². The van der Waals surface area contributed by atoms with Gasteiger partial charge in [0.15, 0.2) is 6.61 Å². The van der Waals surface area contributed by atoms with Crippen LogP contribution in [0.1, 0.15) is 51.2 Å².